The van der Waals surface area contributed by atoms with Gasteiger partial charge < -0.3 is 10.1 Å². The molecule has 0 radical (unpaired) electrons. The first-order valence-corrected chi connectivity index (χ1v) is 8.69. The molecule has 0 saturated carbocycles. The summed E-state index contributed by atoms with van der Waals surface area (Å²) in [5.41, 5.74) is 0.537. The molecule has 2 aromatic heterocycles. The molecule has 2 heterocycles. The van der Waals surface area contributed by atoms with Crippen LogP contribution in [0.25, 0.3) is 10.8 Å². The molecule has 0 unspecified atom stereocenters. The third-order valence-corrected chi connectivity index (χ3v) is 3.78. The number of ether oxygens (including phenoxy) is 1. The molecule has 3 aromatic rings. The highest BCUT2D eigenvalue weighted by molar-refractivity contribution is 5.83. The van der Waals surface area contributed by atoms with Gasteiger partial charge >= 0.3 is 6.09 Å². The van der Waals surface area contributed by atoms with E-state index in [1.54, 1.807) is 39.1 Å². The SMILES string of the molecule is CC(C)(C)OC(=O)NCc1nn(Cc2ccccn2)c(=O)c2ccccc12. The number of carbonyl (C=O) groups is 1. The Hall–Kier alpha value is -3.22. The molecule has 0 aliphatic carbocycles. The van der Waals surface area contributed by atoms with Crippen molar-refractivity contribution in [1.29, 1.82) is 0 Å². The summed E-state index contributed by atoms with van der Waals surface area (Å²) in [6.07, 6.45) is 1.14. The number of hydrogen-bond acceptors (Lipinski definition) is 5. The smallest absolute Gasteiger partial charge is 0.407 e. The van der Waals surface area contributed by atoms with Crippen LogP contribution in [0, 0.1) is 0 Å². The second-order valence-corrected chi connectivity index (χ2v) is 7.13. The van der Waals surface area contributed by atoms with Gasteiger partial charge in [-0.3, -0.25) is 9.78 Å². The number of rotatable bonds is 4. The lowest BCUT2D eigenvalue weighted by atomic mass is 10.1. The van der Waals surface area contributed by atoms with Crippen LogP contribution in [0.4, 0.5) is 4.79 Å². The largest absolute Gasteiger partial charge is 0.444 e. The van der Waals surface area contributed by atoms with Crippen molar-refractivity contribution in [2.45, 2.75) is 39.5 Å². The number of alkyl carbamates (subject to hydrolysis) is 1. The molecule has 1 amide bonds. The van der Waals surface area contributed by atoms with Gasteiger partial charge in [0, 0.05) is 11.6 Å². The van der Waals surface area contributed by atoms with Gasteiger partial charge in [0.15, 0.2) is 0 Å². The van der Waals surface area contributed by atoms with E-state index in [-0.39, 0.29) is 18.6 Å². The molecule has 0 saturated heterocycles. The van der Waals surface area contributed by atoms with Crippen molar-refractivity contribution in [2.24, 2.45) is 0 Å². The van der Waals surface area contributed by atoms with Gasteiger partial charge in [0.2, 0.25) is 0 Å². The molecular formula is C20H22N4O3. The lowest BCUT2D eigenvalue weighted by Crippen LogP contribution is -2.33. The number of carbonyl (C=O) groups excluding carboxylic acids is 1. The van der Waals surface area contributed by atoms with E-state index in [1.165, 1.54) is 4.68 Å². The molecule has 140 valence electrons. The number of amides is 1. The maximum absolute atomic E-state index is 12.8. The standard InChI is InChI=1S/C20H22N4O3/c1-20(2,3)27-19(26)22-12-17-15-9-4-5-10-16(15)18(25)24(23-17)13-14-8-6-7-11-21-14/h4-11H,12-13H2,1-3H3,(H,22,26). The number of hydrogen-bond donors (Lipinski definition) is 1. The zero-order valence-electron chi connectivity index (χ0n) is 15.6. The van der Waals surface area contributed by atoms with Crippen LogP contribution in [0.3, 0.4) is 0 Å². The summed E-state index contributed by atoms with van der Waals surface area (Å²) in [6, 6.07) is 12.7. The van der Waals surface area contributed by atoms with Crippen molar-refractivity contribution in [2.75, 3.05) is 0 Å². The van der Waals surface area contributed by atoms with E-state index in [2.05, 4.69) is 15.4 Å². The molecule has 3 rings (SSSR count). The zero-order chi connectivity index (χ0) is 19.4. The molecule has 1 aromatic carbocycles. The first-order chi connectivity index (χ1) is 12.8. The van der Waals surface area contributed by atoms with Crippen LogP contribution in [0.15, 0.2) is 53.5 Å². The average molecular weight is 366 g/mol. The molecular weight excluding hydrogens is 344 g/mol. The highest BCUT2D eigenvalue weighted by Gasteiger charge is 2.17. The molecule has 0 spiro atoms. The monoisotopic (exact) mass is 366 g/mol. The lowest BCUT2D eigenvalue weighted by Gasteiger charge is -2.20. The van der Waals surface area contributed by atoms with Gasteiger partial charge in [-0.2, -0.15) is 5.10 Å². The fraction of sp³-hybridized carbons (Fsp3) is 0.300. The molecule has 0 aliphatic heterocycles. The first kappa shape index (κ1) is 18.6. The Bertz CT molecular complexity index is 1010. The number of pyridine rings is 1. The second-order valence-electron chi connectivity index (χ2n) is 7.13. The number of aromatic nitrogens is 3. The van der Waals surface area contributed by atoms with Crippen LogP contribution >= 0.6 is 0 Å². The average Bonchev–Trinajstić information content (AvgIpc) is 2.62. The summed E-state index contributed by atoms with van der Waals surface area (Å²) in [6.45, 7) is 5.80. The van der Waals surface area contributed by atoms with Crippen molar-refractivity contribution in [3.63, 3.8) is 0 Å². The summed E-state index contributed by atoms with van der Waals surface area (Å²) in [7, 11) is 0. The second kappa shape index (κ2) is 7.57. The van der Waals surface area contributed by atoms with Gasteiger partial charge in [-0.1, -0.05) is 24.3 Å². The van der Waals surface area contributed by atoms with Crippen molar-refractivity contribution < 1.29 is 9.53 Å². The third-order valence-electron chi connectivity index (χ3n) is 3.78. The Morgan fingerprint density at radius 2 is 1.81 bits per heavy atom. The highest BCUT2D eigenvalue weighted by atomic mass is 16.6. The number of nitrogens with zero attached hydrogens (tertiary/aromatic N) is 3. The van der Waals surface area contributed by atoms with Crippen LogP contribution in [-0.2, 0) is 17.8 Å². The van der Waals surface area contributed by atoms with Crippen molar-refractivity contribution >= 4 is 16.9 Å². The molecule has 7 nitrogen and oxygen atoms in total. The van der Waals surface area contributed by atoms with Gasteiger partial charge in [-0.25, -0.2) is 9.48 Å². The predicted molar refractivity (Wildman–Crippen MR) is 102 cm³/mol. The fourth-order valence-electron chi connectivity index (χ4n) is 2.66. The molecule has 0 aliphatic rings. The van der Waals surface area contributed by atoms with E-state index in [9.17, 15) is 9.59 Å². The molecule has 0 bridgehead atoms. The van der Waals surface area contributed by atoms with Crippen LogP contribution in [0.5, 0.6) is 0 Å². The summed E-state index contributed by atoms with van der Waals surface area (Å²) in [5.74, 6) is 0. The molecule has 27 heavy (non-hydrogen) atoms. The number of benzene rings is 1. The van der Waals surface area contributed by atoms with Crippen LogP contribution < -0.4 is 10.9 Å². The van der Waals surface area contributed by atoms with E-state index in [0.29, 0.717) is 16.5 Å². The van der Waals surface area contributed by atoms with E-state index >= 15 is 0 Å². The van der Waals surface area contributed by atoms with Crippen LogP contribution in [-0.4, -0.2) is 26.5 Å². The van der Waals surface area contributed by atoms with Crippen molar-refractivity contribution in [3.8, 4) is 0 Å². The summed E-state index contributed by atoms with van der Waals surface area (Å²) in [4.78, 5) is 29.0. The zero-order valence-corrected chi connectivity index (χ0v) is 15.6. The molecule has 0 fully saturated rings. The summed E-state index contributed by atoms with van der Waals surface area (Å²) in [5, 5.41) is 8.41. The van der Waals surface area contributed by atoms with Gasteiger partial charge in [-0.05, 0) is 39.0 Å². The third kappa shape index (κ3) is 4.69. The minimum atomic E-state index is -0.586. The first-order valence-electron chi connectivity index (χ1n) is 8.69. The quantitative estimate of drug-likeness (QED) is 0.767. The topological polar surface area (TPSA) is 86.1 Å². The summed E-state index contributed by atoms with van der Waals surface area (Å²) >= 11 is 0. The molecule has 0 atom stereocenters. The minimum absolute atomic E-state index is 0.151. The Balaban J connectivity index is 1.93. The van der Waals surface area contributed by atoms with E-state index in [0.717, 1.165) is 5.69 Å². The fourth-order valence-corrected chi connectivity index (χ4v) is 2.66. The normalized spacial score (nSPS) is 11.4. The maximum Gasteiger partial charge on any atom is 0.407 e. The van der Waals surface area contributed by atoms with Gasteiger partial charge in [0.05, 0.1) is 29.9 Å². The Kier molecular flexibility index (Phi) is 5.21. The lowest BCUT2D eigenvalue weighted by molar-refractivity contribution is 0.0523. The van der Waals surface area contributed by atoms with E-state index in [1.807, 2.05) is 30.3 Å². The number of fused-ring (bicyclic) bond motifs is 1. The highest BCUT2D eigenvalue weighted by Crippen LogP contribution is 2.14. The van der Waals surface area contributed by atoms with Gasteiger partial charge in [-0.15, -0.1) is 0 Å². The van der Waals surface area contributed by atoms with Crippen molar-refractivity contribution in [1.82, 2.24) is 20.1 Å². The molecule has 7 heteroatoms. The van der Waals surface area contributed by atoms with E-state index in [4.69, 9.17) is 4.74 Å². The van der Waals surface area contributed by atoms with E-state index < -0.39 is 11.7 Å². The maximum atomic E-state index is 12.8. The van der Waals surface area contributed by atoms with Gasteiger partial charge in [0.25, 0.3) is 5.56 Å². The van der Waals surface area contributed by atoms with Crippen LogP contribution in [0.2, 0.25) is 0 Å². The van der Waals surface area contributed by atoms with Gasteiger partial charge in [0.1, 0.15) is 5.60 Å². The number of nitrogens with one attached hydrogen (secondary N) is 1. The Labute approximate surface area is 157 Å². The summed E-state index contributed by atoms with van der Waals surface area (Å²) < 4.78 is 6.64. The Morgan fingerprint density at radius 3 is 2.48 bits per heavy atom. The Morgan fingerprint density at radius 1 is 1.11 bits per heavy atom. The minimum Gasteiger partial charge on any atom is -0.444 e. The van der Waals surface area contributed by atoms with Crippen molar-refractivity contribution in [3.05, 3.63) is 70.4 Å². The van der Waals surface area contributed by atoms with Crippen LogP contribution in [0.1, 0.15) is 32.2 Å². The molecule has 1 N–H and O–H groups in total. The predicted octanol–water partition coefficient (Wildman–Crippen LogP) is 2.86.